The van der Waals surface area contributed by atoms with Gasteiger partial charge in [-0.1, -0.05) is 31.4 Å². The lowest BCUT2D eigenvalue weighted by Crippen LogP contribution is -2.35. The van der Waals surface area contributed by atoms with E-state index in [0.29, 0.717) is 12.0 Å². The molecule has 6 heteroatoms. The average Bonchev–Trinajstić information content (AvgIpc) is 3.16. The molecular weight excluding hydrogens is 409 g/mol. The molecule has 3 aromatic rings. The largest absolute Gasteiger partial charge is 0.313 e. The zero-order valence-electron chi connectivity index (χ0n) is 17.9. The number of hydrogen-bond donors (Lipinski definition) is 1. The summed E-state index contributed by atoms with van der Waals surface area (Å²) >= 11 is 1.70. The Labute approximate surface area is 186 Å². The quantitative estimate of drug-likeness (QED) is 0.596. The number of nitrogens with one attached hydrogen (secondary N) is 1. The molecule has 2 aliphatic carbocycles. The van der Waals surface area contributed by atoms with Gasteiger partial charge in [0.1, 0.15) is 10.6 Å². The van der Waals surface area contributed by atoms with Gasteiger partial charge in [-0.05, 0) is 74.2 Å². The third kappa shape index (κ3) is 4.60. The molecule has 1 unspecified atom stereocenters. The highest BCUT2D eigenvalue weighted by molar-refractivity contribution is 7.18. The van der Waals surface area contributed by atoms with Crippen LogP contribution in [0.5, 0.6) is 0 Å². The van der Waals surface area contributed by atoms with E-state index in [1.807, 2.05) is 16.7 Å². The smallest absolute Gasteiger partial charge is 0.262 e. The van der Waals surface area contributed by atoms with Crippen LogP contribution in [0.3, 0.4) is 0 Å². The Balaban J connectivity index is 1.26. The Kier molecular flexibility index (Phi) is 6.19. The number of fused-ring (bicyclic) bond motifs is 3. The maximum absolute atomic E-state index is 13.3. The number of nitrogens with zero attached hydrogens (tertiary/aromatic N) is 2. The molecule has 1 saturated carbocycles. The summed E-state index contributed by atoms with van der Waals surface area (Å²) in [6, 6.07) is 7.17. The lowest BCUT2D eigenvalue weighted by Gasteiger charge is -2.24. The molecule has 0 spiro atoms. The molecule has 164 valence electrons. The summed E-state index contributed by atoms with van der Waals surface area (Å²) in [5, 5.41) is 4.54. The van der Waals surface area contributed by atoms with E-state index in [9.17, 15) is 9.18 Å². The van der Waals surface area contributed by atoms with Gasteiger partial charge in [0, 0.05) is 17.5 Å². The van der Waals surface area contributed by atoms with Crippen LogP contribution in [0.25, 0.3) is 10.2 Å². The molecule has 1 fully saturated rings. The van der Waals surface area contributed by atoms with Crippen LogP contribution in [-0.4, -0.2) is 22.1 Å². The molecule has 5 rings (SSSR count). The minimum atomic E-state index is -0.187. The van der Waals surface area contributed by atoms with Crippen molar-refractivity contribution in [1.82, 2.24) is 14.9 Å². The molecule has 0 aliphatic heterocycles. The van der Waals surface area contributed by atoms with Crippen molar-refractivity contribution in [2.24, 2.45) is 5.92 Å². The number of halogens is 1. The van der Waals surface area contributed by atoms with E-state index in [1.54, 1.807) is 17.7 Å². The SMILES string of the molecule is O=c1c2c3c(sc2ncn1CC1CCCCC1)CC(NCCc1ccc(F)cc1)CC3. The molecule has 0 amide bonds. The second-order valence-electron chi connectivity index (χ2n) is 9.16. The zero-order chi connectivity index (χ0) is 21.2. The van der Waals surface area contributed by atoms with Gasteiger partial charge in [-0.25, -0.2) is 9.37 Å². The predicted octanol–water partition coefficient (Wildman–Crippen LogP) is 4.87. The van der Waals surface area contributed by atoms with Gasteiger partial charge in [0.05, 0.1) is 11.7 Å². The van der Waals surface area contributed by atoms with Crippen molar-refractivity contribution in [3.05, 3.63) is 62.8 Å². The molecule has 2 aliphatic rings. The maximum atomic E-state index is 13.3. The van der Waals surface area contributed by atoms with Gasteiger partial charge in [-0.2, -0.15) is 0 Å². The van der Waals surface area contributed by atoms with E-state index in [-0.39, 0.29) is 11.4 Å². The predicted molar refractivity (Wildman–Crippen MR) is 124 cm³/mol. The standard InChI is InChI=1S/C25H30FN3OS/c26-19-8-6-17(7-9-19)12-13-27-20-10-11-21-22(14-20)31-24-23(21)25(30)29(16-28-24)15-18-4-2-1-3-5-18/h6-9,16,18,20,27H,1-5,10-15H2. The van der Waals surface area contributed by atoms with Gasteiger partial charge in [-0.15, -0.1) is 11.3 Å². The summed E-state index contributed by atoms with van der Waals surface area (Å²) in [4.78, 5) is 20.2. The third-order valence-corrected chi connectivity index (χ3v) is 8.14. The van der Waals surface area contributed by atoms with Gasteiger partial charge in [-0.3, -0.25) is 9.36 Å². The highest BCUT2D eigenvalue weighted by atomic mass is 32.1. The van der Waals surface area contributed by atoms with Gasteiger partial charge >= 0.3 is 0 Å². The lowest BCUT2D eigenvalue weighted by atomic mass is 9.89. The summed E-state index contributed by atoms with van der Waals surface area (Å²) in [6.45, 7) is 1.70. The molecule has 2 aromatic heterocycles. The molecule has 31 heavy (non-hydrogen) atoms. The van der Waals surface area contributed by atoms with Crippen LogP contribution in [0.1, 0.15) is 54.5 Å². The number of hydrogen-bond acceptors (Lipinski definition) is 4. The fraction of sp³-hybridized carbons (Fsp3) is 0.520. The molecule has 0 saturated heterocycles. The Bertz CT molecular complexity index is 1100. The van der Waals surface area contributed by atoms with Crippen LogP contribution >= 0.6 is 11.3 Å². The molecule has 0 radical (unpaired) electrons. The first-order valence-electron chi connectivity index (χ1n) is 11.6. The summed E-state index contributed by atoms with van der Waals surface area (Å²) in [6.07, 6.45) is 12.0. The van der Waals surface area contributed by atoms with Gasteiger partial charge in [0.2, 0.25) is 0 Å². The van der Waals surface area contributed by atoms with Gasteiger partial charge < -0.3 is 5.32 Å². The Morgan fingerprint density at radius 1 is 1.13 bits per heavy atom. The monoisotopic (exact) mass is 439 g/mol. The summed E-state index contributed by atoms with van der Waals surface area (Å²) in [7, 11) is 0. The van der Waals surface area contributed by atoms with E-state index >= 15 is 0 Å². The maximum Gasteiger partial charge on any atom is 0.262 e. The molecule has 1 N–H and O–H groups in total. The molecular formula is C25H30FN3OS. The van der Waals surface area contributed by atoms with E-state index in [2.05, 4.69) is 10.3 Å². The fourth-order valence-electron chi connectivity index (χ4n) is 5.23. The van der Waals surface area contributed by atoms with Crippen molar-refractivity contribution in [2.45, 2.75) is 70.4 Å². The Hall–Kier alpha value is -2.05. The van der Waals surface area contributed by atoms with Gasteiger partial charge in [0.25, 0.3) is 5.56 Å². The minimum absolute atomic E-state index is 0.163. The van der Waals surface area contributed by atoms with Crippen molar-refractivity contribution >= 4 is 21.6 Å². The topological polar surface area (TPSA) is 46.9 Å². The van der Waals surface area contributed by atoms with Crippen LogP contribution in [0.15, 0.2) is 35.4 Å². The first-order chi connectivity index (χ1) is 15.2. The van der Waals surface area contributed by atoms with Crippen LogP contribution < -0.4 is 10.9 Å². The highest BCUT2D eigenvalue weighted by Gasteiger charge is 2.25. The number of thiophene rings is 1. The lowest BCUT2D eigenvalue weighted by molar-refractivity contribution is 0.315. The number of benzene rings is 1. The van der Waals surface area contributed by atoms with Gasteiger partial charge in [0.15, 0.2) is 0 Å². The number of rotatable bonds is 6. The van der Waals surface area contributed by atoms with Crippen molar-refractivity contribution in [3.8, 4) is 0 Å². The second kappa shape index (κ2) is 9.21. The van der Waals surface area contributed by atoms with E-state index in [0.717, 1.165) is 54.6 Å². The third-order valence-electron chi connectivity index (χ3n) is 6.98. The normalized spacial score (nSPS) is 19.6. The van der Waals surface area contributed by atoms with Crippen LogP contribution in [0.4, 0.5) is 4.39 Å². The molecule has 2 heterocycles. The molecule has 1 atom stereocenters. The Morgan fingerprint density at radius 2 is 1.94 bits per heavy atom. The average molecular weight is 440 g/mol. The number of aromatic nitrogens is 2. The zero-order valence-corrected chi connectivity index (χ0v) is 18.7. The Morgan fingerprint density at radius 3 is 2.74 bits per heavy atom. The summed E-state index contributed by atoms with van der Waals surface area (Å²) in [5.41, 5.74) is 2.55. The first-order valence-corrected chi connectivity index (χ1v) is 12.5. The van der Waals surface area contributed by atoms with Crippen LogP contribution in [0, 0.1) is 11.7 Å². The first kappa shape index (κ1) is 20.8. The molecule has 4 nitrogen and oxygen atoms in total. The summed E-state index contributed by atoms with van der Waals surface area (Å²) < 4.78 is 14.9. The van der Waals surface area contributed by atoms with Crippen molar-refractivity contribution in [2.75, 3.05) is 6.54 Å². The summed E-state index contributed by atoms with van der Waals surface area (Å²) in [5.74, 6) is 0.433. The number of aryl methyl sites for hydroxylation is 1. The van der Waals surface area contributed by atoms with Crippen molar-refractivity contribution in [1.29, 1.82) is 0 Å². The van der Waals surface area contributed by atoms with Crippen molar-refractivity contribution < 1.29 is 4.39 Å². The van der Waals surface area contributed by atoms with Crippen LogP contribution in [0.2, 0.25) is 0 Å². The van der Waals surface area contributed by atoms with Crippen molar-refractivity contribution in [3.63, 3.8) is 0 Å². The highest BCUT2D eigenvalue weighted by Crippen LogP contribution is 2.34. The fourth-order valence-corrected chi connectivity index (χ4v) is 6.48. The van der Waals surface area contributed by atoms with E-state index in [4.69, 9.17) is 0 Å². The second-order valence-corrected chi connectivity index (χ2v) is 10.2. The molecule has 0 bridgehead atoms. The molecule has 1 aromatic carbocycles. The minimum Gasteiger partial charge on any atom is -0.313 e. The van der Waals surface area contributed by atoms with Crippen LogP contribution in [-0.2, 0) is 25.8 Å². The van der Waals surface area contributed by atoms with E-state index in [1.165, 1.54) is 54.7 Å². The van der Waals surface area contributed by atoms with E-state index < -0.39 is 0 Å².